The molecule has 0 spiro atoms. The first-order valence-electron chi connectivity index (χ1n) is 8.57. The first kappa shape index (κ1) is 17.2. The van der Waals surface area contributed by atoms with Gasteiger partial charge in [0, 0.05) is 18.2 Å². The van der Waals surface area contributed by atoms with Crippen molar-refractivity contribution in [3.63, 3.8) is 0 Å². The van der Waals surface area contributed by atoms with Gasteiger partial charge in [-0.15, -0.1) is 0 Å². The highest BCUT2D eigenvalue weighted by molar-refractivity contribution is 5.80. The van der Waals surface area contributed by atoms with E-state index in [1.165, 1.54) is 0 Å². The highest BCUT2D eigenvalue weighted by Gasteiger charge is 2.33. The van der Waals surface area contributed by atoms with Crippen molar-refractivity contribution in [3.8, 4) is 5.69 Å². The number of nitrogens with one attached hydrogen (secondary N) is 1. The summed E-state index contributed by atoms with van der Waals surface area (Å²) in [6, 6.07) is 9.93. The summed E-state index contributed by atoms with van der Waals surface area (Å²) in [4.78, 5) is 23.3. The Hall–Kier alpha value is -2.63. The fourth-order valence-electron chi connectivity index (χ4n) is 3.47. The van der Waals surface area contributed by atoms with Gasteiger partial charge in [-0.2, -0.15) is 5.10 Å². The standard InChI is InChI=1S/C19H23N3O3/c1-12-8-13(2)22(21-12)17-5-3-4-14(9-17)11-20-18(23)15-6-7-16(10-15)19(24)25/h3-5,8-9,15-16H,6-7,10-11H2,1-2H3,(H,20,23)(H,24,25)/t15-,16+/m1/s1. The van der Waals surface area contributed by atoms with Gasteiger partial charge in [0.15, 0.2) is 0 Å². The summed E-state index contributed by atoms with van der Waals surface area (Å²) in [5, 5.41) is 16.5. The Bertz CT molecular complexity index is 797. The first-order chi connectivity index (χ1) is 11.9. The molecule has 1 aliphatic rings. The number of carboxylic acid groups (broad SMARTS) is 1. The topological polar surface area (TPSA) is 84.2 Å². The van der Waals surface area contributed by atoms with Crippen LogP contribution in [0.2, 0.25) is 0 Å². The van der Waals surface area contributed by atoms with Crippen LogP contribution in [0.5, 0.6) is 0 Å². The summed E-state index contributed by atoms with van der Waals surface area (Å²) in [7, 11) is 0. The van der Waals surface area contributed by atoms with Gasteiger partial charge in [-0.05, 0) is 56.9 Å². The molecular weight excluding hydrogens is 318 g/mol. The van der Waals surface area contributed by atoms with E-state index in [2.05, 4.69) is 10.4 Å². The molecule has 0 saturated heterocycles. The van der Waals surface area contributed by atoms with Crippen LogP contribution in [-0.4, -0.2) is 26.8 Å². The van der Waals surface area contributed by atoms with E-state index < -0.39 is 5.97 Å². The molecule has 3 rings (SSSR count). The second kappa shape index (κ2) is 7.09. The lowest BCUT2D eigenvalue weighted by Crippen LogP contribution is -2.29. The fraction of sp³-hybridized carbons (Fsp3) is 0.421. The maximum atomic E-state index is 12.3. The lowest BCUT2D eigenvalue weighted by atomic mass is 10.0. The molecule has 0 aliphatic heterocycles. The van der Waals surface area contributed by atoms with Crippen LogP contribution in [0.1, 0.15) is 36.2 Å². The van der Waals surface area contributed by atoms with E-state index in [9.17, 15) is 9.59 Å². The first-order valence-corrected chi connectivity index (χ1v) is 8.57. The van der Waals surface area contributed by atoms with E-state index in [0.717, 1.165) is 22.6 Å². The van der Waals surface area contributed by atoms with Crippen molar-refractivity contribution in [2.45, 2.75) is 39.7 Å². The Morgan fingerprint density at radius 2 is 2.00 bits per heavy atom. The van der Waals surface area contributed by atoms with E-state index in [0.29, 0.717) is 25.8 Å². The van der Waals surface area contributed by atoms with Crippen molar-refractivity contribution < 1.29 is 14.7 Å². The van der Waals surface area contributed by atoms with Gasteiger partial charge >= 0.3 is 5.97 Å². The van der Waals surface area contributed by atoms with Gasteiger partial charge in [-0.3, -0.25) is 9.59 Å². The Balaban J connectivity index is 1.62. The molecule has 1 saturated carbocycles. The van der Waals surface area contributed by atoms with Gasteiger partial charge in [0.05, 0.1) is 17.3 Å². The number of aromatic nitrogens is 2. The van der Waals surface area contributed by atoms with Gasteiger partial charge in [0.2, 0.25) is 5.91 Å². The smallest absolute Gasteiger partial charge is 0.306 e. The van der Waals surface area contributed by atoms with Gasteiger partial charge < -0.3 is 10.4 Å². The molecule has 1 amide bonds. The van der Waals surface area contributed by atoms with Crippen molar-refractivity contribution in [2.75, 3.05) is 0 Å². The van der Waals surface area contributed by atoms with Crippen molar-refractivity contribution in [2.24, 2.45) is 11.8 Å². The lowest BCUT2D eigenvalue weighted by Gasteiger charge is -2.12. The summed E-state index contributed by atoms with van der Waals surface area (Å²) >= 11 is 0. The highest BCUT2D eigenvalue weighted by Crippen LogP contribution is 2.31. The van der Waals surface area contributed by atoms with Crippen molar-refractivity contribution in [1.82, 2.24) is 15.1 Å². The molecule has 0 unspecified atom stereocenters. The molecule has 2 atom stereocenters. The van der Waals surface area contributed by atoms with Crippen LogP contribution in [0, 0.1) is 25.7 Å². The number of carbonyl (C=O) groups excluding carboxylic acids is 1. The quantitative estimate of drug-likeness (QED) is 0.875. The number of hydrogen-bond donors (Lipinski definition) is 2. The van der Waals surface area contributed by atoms with Crippen LogP contribution in [0.15, 0.2) is 30.3 Å². The minimum absolute atomic E-state index is 0.0553. The molecule has 25 heavy (non-hydrogen) atoms. The summed E-state index contributed by atoms with van der Waals surface area (Å²) in [5.41, 5.74) is 3.98. The SMILES string of the molecule is Cc1cc(C)n(-c2cccc(CNC(=O)[C@@H]3CC[C@H](C(=O)O)C3)c2)n1. The van der Waals surface area contributed by atoms with Crippen molar-refractivity contribution >= 4 is 11.9 Å². The number of carboxylic acids is 1. The molecule has 2 N–H and O–H groups in total. The Morgan fingerprint density at radius 3 is 2.64 bits per heavy atom. The van der Waals surface area contributed by atoms with Gasteiger partial charge in [-0.25, -0.2) is 4.68 Å². The molecule has 132 valence electrons. The summed E-state index contributed by atoms with van der Waals surface area (Å²) in [6.07, 6.45) is 1.67. The molecule has 1 heterocycles. The van der Waals surface area contributed by atoms with Crippen LogP contribution < -0.4 is 5.32 Å². The Morgan fingerprint density at radius 1 is 1.24 bits per heavy atom. The average Bonchev–Trinajstić information content (AvgIpc) is 3.19. The zero-order valence-electron chi connectivity index (χ0n) is 14.5. The van der Waals surface area contributed by atoms with Gasteiger partial charge in [0.25, 0.3) is 0 Å². The average molecular weight is 341 g/mol. The molecule has 1 aliphatic carbocycles. The van der Waals surface area contributed by atoms with Crippen LogP contribution in [0.4, 0.5) is 0 Å². The Kier molecular flexibility index (Phi) is 4.88. The number of hydrogen-bond acceptors (Lipinski definition) is 3. The third-order valence-corrected chi connectivity index (χ3v) is 4.78. The minimum Gasteiger partial charge on any atom is -0.481 e. The van der Waals surface area contributed by atoms with Gasteiger partial charge in [0.1, 0.15) is 0 Å². The van der Waals surface area contributed by atoms with E-state index in [4.69, 9.17) is 5.11 Å². The molecule has 0 bridgehead atoms. The molecule has 1 aromatic carbocycles. The van der Waals surface area contributed by atoms with E-state index in [1.54, 1.807) is 0 Å². The zero-order valence-corrected chi connectivity index (χ0v) is 14.5. The number of aliphatic carboxylic acids is 1. The normalized spacial score (nSPS) is 19.8. The third kappa shape index (κ3) is 3.90. The molecular formula is C19H23N3O3. The van der Waals surface area contributed by atoms with Crippen LogP contribution >= 0.6 is 0 Å². The third-order valence-electron chi connectivity index (χ3n) is 4.78. The minimum atomic E-state index is -0.798. The van der Waals surface area contributed by atoms with Crippen LogP contribution in [0.25, 0.3) is 5.69 Å². The second-order valence-electron chi connectivity index (χ2n) is 6.77. The summed E-state index contributed by atoms with van der Waals surface area (Å²) < 4.78 is 1.88. The molecule has 1 fully saturated rings. The van der Waals surface area contributed by atoms with Crippen molar-refractivity contribution in [3.05, 3.63) is 47.3 Å². The highest BCUT2D eigenvalue weighted by atomic mass is 16.4. The molecule has 1 aromatic heterocycles. The number of aryl methyl sites for hydroxylation is 2. The molecule has 6 nitrogen and oxygen atoms in total. The number of nitrogens with zero attached hydrogens (tertiary/aromatic N) is 2. The second-order valence-corrected chi connectivity index (χ2v) is 6.77. The molecule has 6 heteroatoms. The zero-order chi connectivity index (χ0) is 18.0. The summed E-state index contributed by atoms with van der Waals surface area (Å²) in [6.45, 7) is 4.40. The number of carbonyl (C=O) groups is 2. The van der Waals surface area contributed by atoms with E-state index in [1.807, 2.05) is 48.9 Å². The van der Waals surface area contributed by atoms with Crippen molar-refractivity contribution in [1.29, 1.82) is 0 Å². The van der Waals surface area contributed by atoms with E-state index in [-0.39, 0.29) is 17.7 Å². The fourth-order valence-corrected chi connectivity index (χ4v) is 3.47. The maximum Gasteiger partial charge on any atom is 0.306 e. The number of amides is 1. The largest absolute Gasteiger partial charge is 0.481 e. The molecule has 0 radical (unpaired) electrons. The monoisotopic (exact) mass is 341 g/mol. The maximum absolute atomic E-state index is 12.3. The van der Waals surface area contributed by atoms with E-state index >= 15 is 0 Å². The Labute approximate surface area is 146 Å². The predicted molar refractivity (Wildman–Crippen MR) is 93.4 cm³/mol. The molecule has 2 aromatic rings. The predicted octanol–water partition coefficient (Wildman–Crippen LogP) is 2.61. The van der Waals surface area contributed by atoms with Crippen LogP contribution in [0.3, 0.4) is 0 Å². The lowest BCUT2D eigenvalue weighted by molar-refractivity contribution is -0.141. The van der Waals surface area contributed by atoms with Crippen LogP contribution in [-0.2, 0) is 16.1 Å². The summed E-state index contributed by atoms with van der Waals surface area (Å²) in [5.74, 6) is -1.43. The number of benzene rings is 1. The van der Waals surface area contributed by atoms with Gasteiger partial charge in [-0.1, -0.05) is 12.1 Å². The number of rotatable bonds is 5.